The van der Waals surface area contributed by atoms with Crippen molar-refractivity contribution in [2.75, 3.05) is 26.7 Å². The van der Waals surface area contributed by atoms with Crippen molar-refractivity contribution in [1.29, 1.82) is 0 Å². The van der Waals surface area contributed by atoms with Gasteiger partial charge in [-0.05, 0) is 42.4 Å². The van der Waals surface area contributed by atoms with Gasteiger partial charge in [-0.3, -0.25) is 0 Å². The van der Waals surface area contributed by atoms with Crippen molar-refractivity contribution >= 4 is 37.3 Å². The summed E-state index contributed by atoms with van der Waals surface area (Å²) in [4.78, 5) is 3.53. The summed E-state index contributed by atoms with van der Waals surface area (Å²) in [5.74, 6) is 0. The smallest absolute Gasteiger partial charge is 0.244 e. The number of rotatable bonds is 3. The van der Waals surface area contributed by atoms with Gasteiger partial charge in [-0.2, -0.15) is 4.31 Å². The molecular formula is C12H19BrN2O2S2. The van der Waals surface area contributed by atoms with Crippen molar-refractivity contribution in [2.45, 2.75) is 31.2 Å². The molecule has 0 aromatic carbocycles. The molecule has 0 aliphatic carbocycles. The number of piperazine rings is 1. The van der Waals surface area contributed by atoms with Crippen molar-refractivity contribution < 1.29 is 8.42 Å². The van der Waals surface area contributed by atoms with E-state index in [9.17, 15) is 8.42 Å². The van der Waals surface area contributed by atoms with Crippen LogP contribution in [0, 0.1) is 6.92 Å². The highest BCUT2D eigenvalue weighted by molar-refractivity contribution is 9.11. The fraction of sp³-hybridized carbons (Fsp3) is 0.667. The van der Waals surface area contributed by atoms with E-state index < -0.39 is 10.0 Å². The number of hydrogen-bond acceptors (Lipinski definition) is 4. The normalized spacial score (nSPS) is 22.8. The summed E-state index contributed by atoms with van der Waals surface area (Å²) in [6, 6.07) is 2.03. The molecule has 4 nitrogen and oxygen atoms in total. The van der Waals surface area contributed by atoms with Crippen LogP contribution in [0.25, 0.3) is 0 Å². The van der Waals surface area contributed by atoms with Gasteiger partial charge in [0.15, 0.2) is 0 Å². The van der Waals surface area contributed by atoms with Gasteiger partial charge in [-0.15, -0.1) is 11.3 Å². The van der Waals surface area contributed by atoms with E-state index in [0.29, 0.717) is 24.0 Å². The molecule has 1 saturated heterocycles. The minimum atomic E-state index is -3.35. The molecule has 108 valence electrons. The Bertz CT molecular complexity index is 556. The van der Waals surface area contributed by atoms with Crippen LogP contribution in [0.1, 0.15) is 18.2 Å². The maximum Gasteiger partial charge on any atom is 0.244 e. The zero-order valence-corrected chi connectivity index (χ0v) is 14.6. The van der Waals surface area contributed by atoms with Gasteiger partial charge < -0.3 is 4.90 Å². The first-order valence-corrected chi connectivity index (χ1v) is 9.37. The first-order valence-electron chi connectivity index (χ1n) is 6.32. The lowest BCUT2D eigenvalue weighted by molar-refractivity contribution is 0.144. The maximum absolute atomic E-state index is 12.7. The summed E-state index contributed by atoms with van der Waals surface area (Å²) in [6.07, 6.45) is 0.967. The van der Waals surface area contributed by atoms with Crippen LogP contribution in [0.3, 0.4) is 0 Å². The molecule has 0 radical (unpaired) electrons. The van der Waals surface area contributed by atoms with E-state index in [1.54, 1.807) is 10.4 Å². The Labute approximate surface area is 127 Å². The van der Waals surface area contributed by atoms with Crippen LogP contribution in [0.2, 0.25) is 0 Å². The SMILES string of the molecule is CCC1CN(S(=O)(=O)c2cc(Br)sc2C)CCN1C. The fourth-order valence-corrected chi connectivity index (χ4v) is 6.25. The molecule has 0 bridgehead atoms. The number of halogens is 1. The van der Waals surface area contributed by atoms with E-state index in [1.807, 2.05) is 6.92 Å². The summed E-state index contributed by atoms with van der Waals surface area (Å²) in [6.45, 7) is 5.91. The highest BCUT2D eigenvalue weighted by Gasteiger charge is 2.33. The third-order valence-corrected chi connectivity index (χ3v) is 7.35. The Hall–Kier alpha value is 0.0500. The molecule has 0 saturated carbocycles. The number of aryl methyl sites for hydroxylation is 1. The van der Waals surface area contributed by atoms with Gasteiger partial charge in [0, 0.05) is 30.6 Å². The minimum Gasteiger partial charge on any atom is -0.301 e. The summed E-state index contributed by atoms with van der Waals surface area (Å²) < 4.78 is 27.9. The third-order valence-electron chi connectivity index (χ3n) is 3.67. The third kappa shape index (κ3) is 3.05. The van der Waals surface area contributed by atoms with Crippen LogP contribution in [-0.2, 0) is 10.0 Å². The number of thiophene rings is 1. The largest absolute Gasteiger partial charge is 0.301 e. The summed E-state index contributed by atoms with van der Waals surface area (Å²) in [7, 11) is -1.29. The molecule has 1 aliphatic heterocycles. The first-order chi connectivity index (χ1) is 8.86. The predicted molar refractivity (Wildman–Crippen MR) is 82.2 cm³/mol. The van der Waals surface area contributed by atoms with E-state index in [2.05, 4.69) is 34.8 Å². The topological polar surface area (TPSA) is 40.6 Å². The van der Waals surface area contributed by atoms with Crippen LogP contribution in [-0.4, -0.2) is 50.3 Å². The second-order valence-electron chi connectivity index (χ2n) is 4.88. The van der Waals surface area contributed by atoms with Gasteiger partial charge in [0.2, 0.25) is 10.0 Å². The van der Waals surface area contributed by atoms with E-state index in [-0.39, 0.29) is 0 Å². The average Bonchev–Trinajstić information content (AvgIpc) is 2.69. The lowest BCUT2D eigenvalue weighted by atomic mass is 10.1. The summed E-state index contributed by atoms with van der Waals surface area (Å²) in [5, 5.41) is 0. The second kappa shape index (κ2) is 5.81. The number of hydrogen-bond donors (Lipinski definition) is 0. The molecule has 1 fully saturated rings. The lowest BCUT2D eigenvalue weighted by Gasteiger charge is -2.38. The Morgan fingerprint density at radius 2 is 2.16 bits per heavy atom. The summed E-state index contributed by atoms with van der Waals surface area (Å²) >= 11 is 4.83. The molecule has 0 spiro atoms. The fourth-order valence-electron chi connectivity index (χ4n) is 2.40. The van der Waals surface area contributed by atoms with Gasteiger partial charge in [-0.25, -0.2) is 8.42 Å². The molecule has 0 N–H and O–H groups in total. The first kappa shape index (κ1) is 15.4. The van der Waals surface area contributed by atoms with Crippen molar-refractivity contribution in [3.05, 3.63) is 14.7 Å². The molecule has 7 heteroatoms. The summed E-state index contributed by atoms with van der Waals surface area (Å²) in [5.41, 5.74) is 0. The van der Waals surface area contributed by atoms with E-state index in [0.717, 1.165) is 21.6 Å². The van der Waals surface area contributed by atoms with Crippen molar-refractivity contribution in [3.63, 3.8) is 0 Å². The molecule has 1 aliphatic rings. The number of nitrogens with zero attached hydrogens (tertiary/aromatic N) is 2. The van der Waals surface area contributed by atoms with Crippen LogP contribution < -0.4 is 0 Å². The van der Waals surface area contributed by atoms with Crippen LogP contribution in [0.15, 0.2) is 14.7 Å². The van der Waals surface area contributed by atoms with Gasteiger partial charge in [0.1, 0.15) is 0 Å². The Morgan fingerprint density at radius 3 is 2.68 bits per heavy atom. The van der Waals surface area contributed by atoms with Gasteiger partial charge >= 0.3 is 0 Å². The molecule has 19 heavy (non-hydrogen) atoms. The van der Waals surface area contributed by atoms with Crippen molar-refractivity contribution in [1.82, 2.24) is 9.21 Å². The minimum absolute atomic E-state index is 0.311. The van der Waals surface area contributed by atoms with E-state index in [4.69, 9.17) is 0 Å². The quantitative estimate of drug-likeness (QED) is 0.825. The van der Waals surface area contributed by atoms with Crippen molar-refractivity contribution in [2.24, 2.45) is 0 Å². The zero-order valence-electron chi connectivity index (χ0n) is 11.4. The Morgan fingerprint density at radius 1 is 1.47 bits per heavy atom. The van der Waals surface area contributed by atoms with Gasteiger partial charge in [0.25, 0.3) is 0 Å². The molecule has 1 atom stereocenters. The monoisotopic (exact) mass is 366 g/mol. The number of likely N-dealkylation sites (N-methyl/N-ethyl adjacent to an activating group) is 1. The molecule has 2 rings (SSSR count). The van der Waals surface area contributed by atoms with Crippen LogP contribution >= 0.6 is 27.3 Å². The molecule has 1 unspecified atom stereocenters. The van der Waals surface area contributed by atoms with E-state index >= 15 is 0 Å². The zero-order chi connectivity index (χ0) is 14.2. The molecule has 0 amide bonds. The molecule has 2 heterocycles. The predicted octanol–water partition coefficient (Wildman–Crippen LogP) is 2.53. The highest BCUT2D eigenvalue weighted by Crippen LogP contribution is 2.32. The highest BCUT2D eigenvalue weighted by atomic mass is 79.9. The van der Waals surface area contributed by atoms with Crippen molar-refractivity contribution in [3.8, 4) is 0 Å². The maximum atomic E-state index is 12.7. The molecule has 1 aromatic heterocycles. The van der Waals surface area contributed by atoms with Crippen LogP contribution in [0.4, 0.5) is 0 Å². The van der Waals surface area contributed by atoms with Crippen LogP contribution in [0.5, 0.6) is 0 Å². The standard InChI is InChI=1S/C12H19BrN2O2S2/c1-4-10-8-15(6-5-14(10)3)19(16,17)11-7-12(13)18-9(11)2/h7,10H,4-6,8H2,1-3H3. The average molecular weight is 367 g/mol. The molecule has 1 aromatic rings. The molecular weight excluding hydrogens is 348 g/mol. The second-order valence-corrected chi connectivity index (χ2v) is 9.42. The number of sulfonamides is 1. The Balaban J connectivity index is 2.28. The lowest BCUT2D eigenvalue weighted by Crippen LogP contribution is -2.52. The van der Waals surface area contributed by atoms with Gasteiger partial charge in [0.05, 0.1) is 8.68 Å². The van der Waals surface area contributed by atoms with E-state index in [1.165, 1.54) is 11.3 Å². The van der Waals surface area contributed by atoms with Gasteiger partial charge in [-0.1, -0.05) is 6.92 Å². The Kier molecular flexibility index (Phi) is 4.72.